The van der Waals surface area contributed by atoms with Gasteiger partial charge in [0, 0.05) is 17.0 Å². The van der Waals surface area contributed by atoms with Crippen molar-refractivity contribution >= 4 is 46.3 Å². The van der Waals surface area contributed by atoms with Crippen LogP contribution in [0.3, 0.4) is 0 Å². The molecule has 0 aliphatic rings. The van der Waals surface area contributed by atoms with Gasteiger partial charge in [0.1, 0.15) is 0 Å². The van der Waals surface area contributed by atoms with Crippen LogP contribution in [-0.4, -0.2) is 4.37 Å². The molecule has 0 unspecified atom stereocenters. The molecule has 0 N–H and O–H groups in total. The Kier molecular flexibility index (Phi) is 3.60. The van der Waals surface area contributed by atoms with Gasteiger partial charge in [-0.15, -0.1) is 0 Å². The van der Waals surface area contributed by atoms with Crippen molar-refractivity contribution in [3.8, 4) is 5.88 Å². The Hall–Kier alpha value is -0.480. The third-order valence-corrected chi connectivity index (χ3v) is 3.27. The second kappa shape index (κ2) is 4.80. The van der Waals surface area contributed by atoms with Gasteiger partial charge in [-0.2, -0.15) is 4.37 Å². The van der Waals surface area contributed by atoms with Crippen LogP contribution in [0.1, 0.15) is 5.56 Å². The maximum Gasteiger partial charge on any atom is 0.288 e. The van der Waals surface area contributed by atoms with Gasteiger partial charge in [0.15, 0.2) is 0 Å². The summed E-state index contributed by atoms with van der Waals surface area (Å²) < 4.78 is 7.78. The van der Waals surface area contributed by atoms with Crippen LogP contribution in [0.15, 0.2) is 35.7 Å². The summed E-state index contributed by atoms with van der Waals surface area (Å²) in [4.78, 5) is 0. The van der Waals surface area contributed by atoms with Gasteiger partial charge >= 0.3 is 0 Å². The van der Waals surface area contributed by atoms with Crippen molar-refractivity contribution in [1.82, 2.24) is 4.37 Å². The molecule has 2 nitrogen and oxygen atoms in total. The van der Waals surface area contributed by atoms with Crippen molar-refractivity contribution in [2.75, 3.05) is 0 Å². The summed E-state index contributed by atoms with van der Waals surface area (Å²) >= 11 is 19.4. The largest absolute Gasteiger partial charge is 0.436 e. The fourth-order valence-corrected chi connectivity index (χ4v) is 2.43. The minimum atomic E-state index is -1.54. The molecular formula is C10H6Cl3NOS. The lowest BCUT2D eigenvalue weighted by Crippen LogP contribution is -2.19. The number of benzene rings is 1. The van der Waals surface area contributed by atoms with Crippen molar-refractivity contribution in [1.29, 1.82) is 0 Å². The number of rotatable bonds is 3. The van der Waals surface area contributed by atoms with Crippen LogP contribution in [-0.2, 0) is 4.52 Å². The molecule has 0 aliphatic heterocycles. The van der Waals surface area contributed by atoms with E-state index in [0.29, 0.717) is 16.5 Å². The fourth-order valence-electron chi connectivity index (χ4n) is 1.14. The molecule has 2 aromatic rings. The number of hydrogen-bond acceptors (Lipinski definition) is 3. The van der Waals surface area contributed by atoms with Crippen molar-refractivity contribution < 1.29 is 4.74 Å². The third-order valence-electron chi connectivity index (χ3n) is 1.83. The van der Waals surface area contributed by atoms with Crippen LogP contribution < -0.4 is 4.74 Å². The van der Waals surface area contributed by atoms with Crippen LogP contribution in [0.4, 0.5) is 0 Å². The normalized spacial score (nSPS) is 11.4. The molecule has 1 heterocycles. The maximum absolute atomic E-state index is 6.08. The van der Waals surface area contributed by atoms with E-state index in [1.54, 1.807) is 35.7 Å². The number of hydrogen-bond donors (Lipinski definition) is 0. The number of halogens is 3. The summed E-state index contributed by atoms with van der Waals surface area (Å²) in [5.41, 5.74) is 0.494. The van der Waals surface area contributed by atoms with E-state index in [1.165, 1.54) is 11.5 Å². The highest BCUT2D eigenvalue weighted by atomic mass is 35.5. The monoisotopic (exact) mass is 293 g/mol. The first-order valence-corrected chi connectivity index (χ1v) is 6.29. The molecule has 6 heteroatoms. The number of ether oxygens (including phenoxy) is 1. The van der Waals surface area contributed by atoms with Gasteiger partial charge in [-0.05, 0) is 17.6 Å². The molecule has 2 rings (SSSR count). The summed E-state index contributed by atoms with van der Waals surface area (Å²) in [6.45, 7) is 0. The number of alkyl halides is 2. The fraction of sp³-hybridized carbons (Fsp3) is 0.100. The van der Waals surface area contributed by atoms with E-state index in [2.05, 4.69) is 4.37 Å². The summed E-state index contributed by atoms with van der Waals surface area (Å²) in [7, 11) is 0. The van der Waals surface area contributed by atoms with Crippen LogP contribution in [0.25, 0.3) is 0 Å². The Morgan fingerprint density at radius 3 is 2.56 bits per heavy atom. The molecule has 0 spiro atoms. The molecule has 0 amide bonds. The van der Waals surface area contributed by atoms with Gasteiger partial charge in [-0.25, -0.2) is 0 Å². The van der Waals surface area contributed by atoms with E-state index in [1.807, 2.05) is 0 Å². The van der Waals surface area contributed by atoms with Gasteiger partial charge in [-0.1, -0.05) is 53.0 Å². The molecule has 0 radical (unpaired) electrons. The zero-order valence-electron chi connectivity index (χ0n) is 7.86. The second-order valence-corrected chi connectivity index (χ2v) is 5.27. The highest BCUT2D eigenvalue weighted by Gasteiger charge is 2.31. The molecular weight excluding hydrogens is 289 g/mol. The van der Waals surface area contributed by atoms with E-state index in [4.69, 9.17) is 39.5 Å². The summed E-state index contributed by atoms with van der Waals surface area (Å²) in [5, 5.41) is 2.22. The topological polar surface area (TPSA) is 22.1 Å². The lowest BCUT2D eigenvalue weighted by molar-refractivity contribution is 0.238. The molecule has 0 bridgehead atoms. The Bertz CT molecular complexity index is 473. The molecule has 0 saturated heterocycles. The van der Waals surface area contributed by atoms with Crippen LogP contribution in [0.2, 0.25) is 5.02 Å². The molecule has 1 aromatic heterocycles. The predicted molar refractivity (Wildman–Crippen MR) is 67.6 cm³/mol. The van der Waals surface area contributed by atoms with Crippen LogP contribution >= 0.6 is 46.3 Å². The molecule has 0 fully saturated rings. The molecule has 1 aromatic carbocycles. The lowest BCUT2D eigenvalue weighted by atomic mass is 10.2. The Morgan fingerprint density at radius 2 is 1.94 bits per heavy atom. The smallest absolute Gasteiger partial charge is 0.288 e. The van der Waals surface area contributed by atoms with E-state index >= 15 is 0 Å². The average molecular weight is 295 g/mol. The van der Waals surface area contributed by atoms with Gasteiger partial charge in [-0.3, -0.25) is 0 Å². The molecule has 0 saturated carbocycles. The average Bonchev–Trinajstić information content (AvgIpc) is 2.70. The van der Waals surface area contributed by atoms with Crippen molar-refractivity contribution in [3.05, 3.63) is 46.3 Å². The Balaban J connectivity index is 2.28. The SMILES string of the molecule is Clc1ccccc1C(Cl)(Cl)Oc1ccsn1. The summed E-state index contributed by atoms with van der Waals surface area (Å²) in [6.07, 6.45) is 0. The zero-order chi connectivity index (χ0) is 11.6. The highest BCUT2D eigenvalue weighted by molar-refractivity contribution is 7.03. The number of nitrogens with zero attached hydrogens (tertiary/aromatic N) is 1. The zero-order valence-corrected chi connectivity index (χ0v) is 10.9. The lowest BCUT2D eigenvalue weighted by Gasteiger charge is -2.20. The summed E-state index contributed by atoms with van der Waals surface area (Å²) in [6, 6.07) is 8.65. The van der Waals surface area contributed by atoms with Gasteiger partial charge in [0.05, 0.1) is 5.02 Å². The van der Waals surface area contributed by atoms with E-state index in [9.17, 15) is 0 Å². The standard InChI is InChI=1S/C10H6Cl3NOS/c11-8-4-2-1-3-7(8)10(12,13)15-9-5-6-16-14-9/h1-6H. The van der Waals surface area contributed by atoms with E-state index in [0.717, 1.165) is 0 Å². The van der Waals surface area contributed by atoms with Crippen molar-refractivity contribution in [2.45, 2.75) is 4.52 Å². The Morgan fingerprint density at radius 1 is 1.19 bits per heavy atom. The summed E-state index contributed by atoms with van der Waals surface area (Å²) in [5.74, 6) is 0.370. The van der Waals surface area contributed by atoms with E-state index in [-0.39, 0.29) is 0 Å². The van der Waals surface area contributed by atoms with Gasteiger partial charge in [0.25, 0.3) is 4.52 Å². The third kappa shape index (κ3) is 2.61. The van der Waals surface area contributed by atoms with Gasteiger partial charge in [0.2, 0.25) is 5.88 Å². The number of aromatic nitrogens is 1. The van der Waals surface area contributed by atoms with Crippen LogP contribution in [0, 0.1) is 0 Å². The first-order chi connectivity index (χ1) is 7.59. The second-order valence-electron chi connectivity index (χ2n) is 2.94. The predicted octanol–water partition coefficient (Wildman–Crippen LogP) is 4.46. The molecule has 0 aliphatic carbocycles. The minimum Gasteiger partial charge on any atom is -0.436 e. The van der Waals surface area contributed by atoms with Crippen molar-refractivity contribution in [3.63, 3.8) is 0 Å². The highest BCUT2D eigenvalue weighted by Crippen LogP contribution is 2.39. The first kappa shape index (κ1) is 12.0. The van der Waals surface area contributed by atoms with Crippen LogP contribution in [0.5, 0.6) is 5.88 Å². The molecule has 84 valence electrons. The first-order valence-electron chi connectivity index (χ1n) is 4.32. The maximum atomic E-state index is 6.08. The Labute approximate surface area is 112 Å². The quantitative estimate of drug-likeness (QED) is 0.780. The van der Waals surface area contributed by atoms with Gasteiger partial charge < -0.3 is 4.74 Å². The minimum absolute atomic E-state index is 0.370. The molecule has 0 atom stereocenters. The van der Waals surface area contributed by atoms with Crippen molar-refractivity contribution in [2.24, 2.45) is 0 Å². The van der Waals surface area contributed by atoms with E-state index < -0.39 is 4.52 Å². The molecule has 16 heavy (non-hydrogen) atoms.